The Kier molecular flexibility index (Phi) is 5.29. The molecule has 0 spiro atoms. The Bertz CT molecular complexity index is 438. The van der Waals surface area contributed by atoms with Gasteiger partial charge in [-0.2, -0.15) is 4.98 Å². The minimum atomic E-state index is -0.292. The molecule has 5 nitrogen and oxygen atoms in total. The Hall–Kier alpha value is -1.23. The number of carbonyl (C=O) groups is 1. The second-order valence-electron chi connectivity index (χ2n) is 5.62. The predicted molar refractivity (Wildman–Crippen MR) is 74.3 cm³/mol. The molecule has 0 aliphatic heterocycles. The summed E-state index contributed by atoms with van der Waals surface area (Å²) in [6.07, 6.45) is 6.63. The normalized spacial score (nSPS) is 19.8. The molecule has 0 saturated heterocycles. The zero-order valence-corrected chi connectivity index (χ0v) is 12.6. The van der Waals surface area contributed by atoms with Crippen molar-refractivity contribution >= 4 is 5.78 Å². The number of aromatic nitrogens is 2. The van der Waals surface area contributed by atoms with E-state index in [0.717, 1.165) is 12.8 Å². The summed E-state index contributed by atoms with van der Waals surface area (Å²) in [4.78, 5) is 16.0. The average Bonchev–Trinajstić information content (AvgIpc) is 2.90. The number of carbonyl (C=O) groups excluding carboxylic acids is 1. The maximum atomic E-state index is 11.6. The van der Waals surface area contributed by atoms with E-state index in [1.165, 1.54) is 19.3 Å². The van der Waals surface area contributed by atoms with Crippen molar-refractivity contribution in [2.75, 3.05) is 7.11 Å². The number of Topliss-reactive ketones (excluding diaryl/α,β-unsaturated/α-hetero) is 1. The number of ketones is 1. The summed E-state index contributed by atoms with van der Waals surface area (Å²) >= 11 is 0. The van der Waals surface area contributed by atoms with Gasteiger partial charge in [0.1, 0.15) is 11.9 Å². The molecule has 5 heteroatoms. The van der Waals surface area contributed by atoms with E-state index >= 15 is 0 Å². The van der Waals surface area contributed by atoms with Gasteiger partial charge in [-0.05, 0) is 32.1 Å². The van der Waals surface area contributed by atoms with E-state index in [2.05, 4.69) is 10.1 Å². The van der Waals surface area contributed by atoms with Crippen LogP contribution in [0.4, 0.5) is 0 Å². The van der Waals surface area contributed by atoms with Crippen LogP contribution in [0.5, 0.6) is 0 Å². The second-order valence-corrected chi connectivity index (χ2v) is 5.62. The molecule has 0 bridgehead atoms. The van der Waals surface area contributed by atoms with Crippen molar-refractivity contribution in [2.24, 2.45) is 5.92 Å². The molecule has 0 amide bonds. The largest absolute Gasteiger partial charge is 0.373 e. The first-order chi connectivity index (χ1) is 9.67. The summed E-state index contributed by atoms with van der Waals surface area (Å²) in [5, 5.41) is 4.05. The first kappa shape index (κ1) is 15.2. The summed E-state index contributed by atoms with van der Waals surface area (Å²) in [5.41, 5.74) is 0. The van der Waals surface area contributed by atoms with Crippen molar-refractivity contribution < 1.29 is 14.1 Å². The Morgan fingerprint density at radius 2 is 2.10 bits per heavy atom. The molecule has 1 aliphatic rings. The molecule has 0 N–H and O–H groups in total. The van der Waals surface area contributed by atoms with Gasteiger partial charge < -0.3 is 9.26 Å². The topological polar surface area (TPSA) is 65.2 Å². The highest BCUT2D eigenvalue weighted by Crippen LogP contribution is 2.35. The Balaban J connectivity index is 2.14. The van der Waals surface area contributed by atoms with Crippen molar-refractivity contribution in [3.8, 4) is 0 Å². The van der Waals surface area contributed by atoms with E-state index in [0.29, 0.717) is 24.1 Å². The van der Waals surface area contributed by atoms with E-state index in [1.807, 2.05) is 6.92 Å². The molecule has 2 unspecified atom stereocenters. The fourth-order valence-corrected chi connectivity index (χ4v) is 3.09. The Morgan fingerprint density at radius 1 is 1.40 bits per heavy atom. The van der Waals surface area contributed by atoms with Gasteiger partial charge in [0.05, 0.1) is 5.92 Å². The van der Waals surface area contributed by atoms with Crippen LogP contribution in [0.15, 0.2) is 4.52 Å². The maximum absolute atomic E-state index is 11.6. The second kappa shape index (κ2) is 6.97. The van der Waals surface area contributed by atoms with Gasteiger partial charge in [-0.15, -0.1) is 0 Å². The van der Waals surface area contributed by atoms with Gasteiger partial charge in [0.15, 0.2) is 0 Å². The number of nitrogens with zero attached hydrogens (tertiary/aromatic N) is 2. The van der Waals surface area contributed by atoms with E-state index in [-0.39, 0.29) is 17.8 Å². The van der Waals surface area contributed by atoms with Gasteiger partial charge in [0, 0.05) is 7.11 Å². The third-order valence-corrected chi connectivity index (χ3v) is 4.24. The fourth-order valence-electron chi connectivity index (χ4n) is 3.09. The third kappa shape index (κ3) is 3.26. The summed E-state index contributed by atoms with van der Waals surface area (Å²) in [7, 11) is 1.69. The van der Waals surface area contributed by atoms with E-state index < -0.39 is 0 Å². The van der Waals surface area contributed by atoms with Crippen LogP contribution in [-0.2, 0) is 9.53 Å². The zero-order valence-electron chi connectivity index (χ0n) is 12.6. The first-order valence-electron chi connectivity index (χ1n) is 7.54. The van der Waals surface area contributed by atoms with Crippen molar-refractivity contribution in [2.45, 2.75) is 64.4 Å². The van der Waals surface area contributed by atoms with Crippen molar-refractivity contribution in [1.29, 1.82) is 0 Å². The predicted octanol–water partition coefficient (Wildman–Crippen LogP) is 3.42. The quantitative estimate of drug-likeness (QED) is 0.798. The van der Waals surface area contributed by atoms with Gasteiger partial charge in [-0.25, -0.2) is 0 Å². The lowest BCUT2D eigenvalue weighted by molar-refractivity contribution is -0.119. The molecule has 0 aromatic carbocycles. The maximum Gasteiger partial charge on any atom is 0.237 e. The molecule has 112 valence electrons. The molecule has 20 heavy (non-hydrogen) atoms. The van der Waals surface area contributed by atoms with Crippen LogP contribution in [-0.4, -0.2) is 23.0 Å². The standard InChI is InChI=1S/C15H24N2O3/c1-4-12(10(2)18)15-16-14(17-20-15)13(19-3)11-8-6-5-7-9-11/h11-13H,4-9H2,1-3H3. The minimum absolute atomic E-state index is 0.0642. The van der Waals surface area contributed by atoms with Gasteiger partial charge in [0.25, 0.3) is 0 Å². The van der Waals surface area contributed by atoms with Crippen molar-refractivity contribution in [3.63, 3.8) is 0 Å². The van der Waals surface area contributed by atoms with Gasteiger partial charge in [-0.3, -0.25) is 4.79 Å². The number of hydrogen-bond donors (Lipinski definition) is 0. The monoisotopic (exact) mass is 280 g/mol. The van der Waals surface area contributed by atoms with Crippen LogP contribution in [0.25, 0.3) is 0 Å². The number of rotatable bonds is 6. The molecule has 1 fully saturated rings. The lowest BCUT2D eigenvalue weighted by atomic mass is 9.85. The lowest BCUT2D eigenvalue weighted by Gasteiger charge is -2.26. The van der Waals surface area contributed by atoms with Crippen LogP contribution in [0.1, 0.15) is 76.1 Å². The smallest absolute Gasteiger partial charge is 0.237 e. The molecular weight excluding hydrogens is 256 g/mol. The molecule has 1 saturated carbocycles. The average molecular weight is 280 g/mol. The summed E-state index contributed by atoms with van der Waals surface area (Å²) in [6.45, 7) is 3.51. The summed E-state index contributed by atoms with van der Waals surface area (Å²) in [6, 6.07) is 0. The van der Waals surface area contributed by atoms with Crippen molar-refractivity contribution in [1.82, 2.24) is 10.1 Å². The molecule has 0 radical (unpaired) electrons. The molecule has 1 aromatic heterocycles. The molecule has 2 rings (SSSR count). The Labute approximate surface area is 120 Å². The van der Waals surface area contributed by atoms with Crippen LogP contribution in [0.2, 0.25) is 0 Å². The molecule has 1 aromatic rings. The zero-order chi connectivity index (χ0) is 14.5. The van der Waals surface area contributed by atoms with Crippen LogP contribution in [0, 0.1) is 5.92 Å². The SMILES string of the molecule is CCC(C(C)=O)c1nc(C(OC)C2CCCCC2)no1. The number of methoxy groups -OCH3 is 1. The highest BCUT2D eigenvalue weighted by atomic mass is 16.5. The van der Waals surface area contributed by atoms with Gasteiger partial charge >= 0.3 is 0 Å². The van der Waals surface area contributed by atoms with Gasteiger partial charge in [0.2, 0.25) is 11.7 Å². The molecule has 2 atom stereocenters. The van der Waals surface area contributed by atoms with E-state index in [1.54, 1.807) is 14.0 Å². The van der Waals surface area contributed by atoms with E-state index in [9.17, 15) is 4.79 Å². The number of hydrogen-bond acceptors (Lipinski definition) is 5. The van der Waals surface area contributed by atoms with Crippen LogP contribution in [0.3, 0.4) is 0 Å². The van der Waals surface area contributed by atoms with Crippen LogP contribution >= 0.6 is 0 Å². The summed E-state index contributed by atoms with van der Waals surface area (Å²) < 4.78 is 10.9. The highest BCUT2D eigenvalue weighted by molar-refractivity contribution is 5.82. The highest BCUT2D eigenvalue weighted by Gasteiger charge is 2.30. The van der Waals surface area contributed by atoms with Gasteiger partial charge in [-0.1, -0.05) is 31.3 Å². The first-order valence-corrected chi connectivity index (χ1v) is 7.54. The van der Waals surface area contributed by atoms with Crippen LogP contribution < -0.4 is 0 Å². The van der Waals surface area contributed by atoms with E-state index in [4.69, 9.17) is 9.26 Å². The lowest BCUT2D eigenvalue weighted by Crippen LogP contribution is -2.19. The Morgan fingerprint density at radius 3 is 2.65 bits per heavy atom. The third-order valence-electron chi connectivity index (χ3n) is 4.24. The van der Waals surface area contributed by atoms with Crippen molar-refractivity contribution in [3.05, 3.63) is 11.7 Å². The summed E-state index contributed by atoms with van der Waals surface area (Å²) in [5.74, 6) is 1.24. The number of ether oxygens (including phenoxy) is 1. The fraction of sp³-hybridized carbons (Fsp3) is 0.800. The molecule has 1 aliphatic carbocycles. The molecular formula is C15H24N2O3. The minimum Gasteiger partial charge on any atom is -0.373 e. The molecule has 1 heterocycles.